The largest absolute Gasteiger partial charge is 0.276 e. The fourth-order valence-corrected chi connectivity index (χ4v) is 4.35. The summed E-state index contributed by atoms with van der Waals surface area (Å²) >= 11 is 0. The molecule has 0 unspecified atom stereocenters. The lowest BCUT2D eigenvalue weighted by Crippen LogP contribution is -2.20. The van der Waals surface area contributed by atoms with Crippen LogP contribution in [0.4, 0.5) is 0 Å². The highest BCUT2D eigenvalue weighted by atomic mass is 32.2. The minimum absolute atomic E-state index is 0.269. The van der Waals surface area contributed by atoms with Crippen LogP contribution in [0.5, 0.6) is 0 Å². The molecule has 0 bridgehead atoms. The molecule has 0 saturated carbocycles. The maximum atomic E-state index is 12.4. The van der Waals surface area contributed by atoms with Crippen LogP contribution in [0, 0.1) is 5.92 Å². The van der Waals surface area contributed by atoms with E-state index in [0.29, 0.717) is 5.92 Å². The minimum Gasteiger partial charge on any atom is -0.200 e. The number of unbranched alkanes of at least 4 members (excludes halogenated alkanes) is 9. The quantitative estimate of drug-likeness (QED) is 0.180. The van der Waals surface area contributed by atoms with Gasteiger partial charge in [-0.15, -0.1) is 0 Å². The molecule has 1 aromatic rings. The zero-order valence-corrected chi connectivity index (χ0v) is 19.9. The summed E-state index contributed by atoms with van der Waals surface area (Å²) in [6.45, 7) is 8.27. The third-order valence-corrected chi connectivity index (χ3v) is 6.34. The third-order valence-electron chi connectivity index (χ3n) is 5.11. The second kappa shape index (κ2) is 14.6. The molecule has 166 valence electrons. The van der Waals surface area contributed by atoms with E-state index in [2.05, 4.69) is 30.7 Å². The lowest BCUT2D eigenvalue weighted by molar-refractivity contribution is 0.556. The fraction of sp³-hybridized carbons (Fsp3) is 0.708. The maximum Gasteiger partial charge on any atom is 0.276 e. The van der Waals surface area contributed by atoms with Gasteiger partial charge < -0.3 is 0 Å². The molecule has 0 spiro atoms. The van der Waals surface area contributed by atoms with Crippen LogP contribution in [-0.4, -0.2) is 14.1 Å². The predicted molar refractivity (Wildman–Crippen MR) is 125 cm³/mol. The summed E-state index contributed by atoms with van der Waals surface area (Å²) in [7, 11) is -3.59. The van der Waals surface area contributed by atoms with E-state index in [0.717, 1.165) is 18.6 Å². The predicted octanol–water partition coefficient (Wildman–Crippen LogP) is 6.85. The standard InChI is InChI=1S/C24H42N2O2S/c1-5-6-7-8-9-10-11-12-13-14-15-23-16-18-24(19-17-23)29(27,28)26-25-22(4)20-21(2)3/h16-19,21,26H,5-15,20H2,1-4H3/b25-22+. The topological polar surface area (TPSA) is 58.5 Å². The molecule has 0 saturated heterocycles. The van der Waals surface area contributed by atoms with Crippen LogP contribution in [0.1, 0.15) is 104 Å². The third kappa shape index (κ3) is 12.0. The van der Waals surface area contributed by atoms with E-state index in [1.165, 1.54) is 69.8 Å². The van der Waals surface area contributed by atoms with Gasteiger partial charge in [0.25, 0.3) is 10.0 Å². The molecule has 0 aliphatic carbocycles. The zero-order chi connectivity index (χ0) is 21.5. The number of rotatable bonds is 16. The first kappa shape index (κ1) is 25.7. The molecule has 0 atom stereocenters. The molecule has 5 heteroatoms. The second-order valence-corrected chi connectivity index (χ2v) is 10.3. The van der Waals surface area contributed by atoms with E-state index in [-0.39, 0.29) is 4.90 Å². The molecule has 29 heavy (non-hydrogen) atoms. The summed E-state index contributed by atoms with van der Waals surface area (Å²) in [5.74, 6) is 0.452. The molecular formula is C24H42N2O2S. The van der Waals surface area contributed by atoms with Gasteiger partial charge in [-0.2, -0.15) is 13.5 Å². The Bertz CT molecular complexity index is 679. The number of sulfonamides is 1. The summed E-state index contributed by atoms with van der Waals surface area (Å²) in [5, 5.41) is 4.02. The van der Waals surface area contributed by atoms with Crippen LogP contribution in [-0.2, 0) is 16.4 Å². The van der Waals surface area contributed by atoms with Crippen molar-refractivity contribution in [2.24, 2.45) is 11.0 Å². The molecule has 0 aliphatic rings. The van der Waals surface area contributed by atoms with Crippen molar-refractivity contribution in [3.63, 3.8) is 0 Å². The van der Waals surface area contributed by atoms with Crippen LogP contribution in [0.2, 0.25) is 0 Å². The highest BCUT2D eigenvalue weighted by molar-refractivity contribution is 7.89. The minimum atomic E-state index is -3.59. The van der Waals surface area contributed by atoms with Gasteiger partial charge in [-0.1, -0.05) is 90.7 Å². The zero-order valence-electron chi connectivity index (χ0n) is 19.0. The first-order valence-corrected chi connectivity index (χ1v) is 13.0. The van der Waals surface area contributed by atoms with Crippen LogP contribution in [0.15, 0.2) is 34.3 Å². The van der Waals surface area contributed by atoms with E-state index in [9.17, 15) is 8.42 Å². The van der Waals surface area contributed by atoms with Crippen LogP contribution in [0.25, 0.3) is 0 Å². The number of aryl methyl sites for hydroxylation is 1. The summed E-state index contributed by atoms with van der Waals surface area (Å²) in [5.41, 5.74) is 1.99. The summed E-state index contributed by atoms with van der Waals surface area (Å²) < 4.78 is 24.7. The Kier molecular flexibility index (Phi) is 12.9. The van der Waals surface area contributed by atoms with Crippen LogP contribution >= 0.6 is 0 Å². The van der Waals surface area contributed by atoms with Gasteiger partial charge in [0.15, 0.2) is 0 Å². The Labute approximate surface area is 179 Å². The average Bonchev–Trinajstić information content (AvgIpc) is 2.68. The molecule has 1 rings (SSSR count). The highest BCUT2D eigenvalue weighted by Gasteiger charge is 2.13. The van der Waals surface area contributed by atoms with Crippen LogP contribution in [0.3, 0.4) is 0 Å². The Morgan fingerprint density at radius 3 is 1.93 bits per heavy atom. The van der Waals surface area contributed by atoms with Crippen molar-refractivity contribution in [2.75, 3.05) is 0 Å². The van der Waals surface area contributed by atoms with E-state index in [1.807, 2.05) is 19.1 Å². The van der Waals surface area contributed by atoms with Gasteiger partial charge in [-0.25, -0.2) is 4.83 Å². The normalized spacial score (nSPS) is 12.5. The maximum absolute atomic E-state index is 12.4. The SMILES string of the molecule is CCCCCCCCCCCCc1ccc(S(=O)(=O)N/N=C(\C)CC(C)C)cc1. The second-order valence-electron chi connectivity index (χ2n) is 8.62. The molecule has 0 amide bonds. The van der Waals surface area contributed by atoms with E-state index >= 15 is 0 Å². The van der Waals surface area contributed by atoms with Crippen molar-refractivity contribution >= 4 is 15.7 Å². The van der Waals surface area contributed by atoms with Gasteiger partial charge in [0.05, 0.1) is 4.90 Å². The van der Waals surface area contributed by atoms with Crippen molar-refractivity contribution < 1.29 is 8.42 Å². The molecule has 0 heterocycles. The van der Waals surface area contributed by atoms with Crippen molar-refractivity contribution in [1.29, 1.82) is 0 Å². The molecule has 0 aromatic heterocycles. The molecule has 1 N–H and O–H groups in total. The van der Waals surface area contributed by atoms with E-state index in [4.69, 9.17) is 0 Å². The first-order chi connectivity index (χ1) is 13.8. The molecule has 1 aromatic carbocycles. The van der Waals surface area contributed by atoms with Crippen molar-refractivity contribution in [3.05, 3.63) is 29.8 Å². The smallest absolute Gasteiger partial charge is 0.200 e. The Hall–Kier alpha value is -1.36. The number of hydrazone groups is 1. The van der Waals surface area contributed by atoms with Gasteiger partial charge in [0.1, 0.15) is 0 Å². The summed E-state index contributed by atoms with van der Waals surface area (Å²) in [4.78, 5) is 2.62. The Morgan fingerprint density at radius 1 is 0.897 bits per heavy atom. The van der Waals surface area contributed by atoms with E-state index in [1.54, 1.807) is 12.1 Å². The number of hydrogen-bond acceptors (Lipinski definition) is 3. The van der Waals surface area contributed by atoms with Gasteiger partial charge in [-0.05, 0) is 49.8 Å². The lowest BCUT2D eigenvalue weighted by Gasteiger charge is -2.08. The number of hydrogen-bond donors (Lipinski definition) is 1. The number of benzene rings is 1. The average molecular weight is 423 g/mol. The van der Waals surface area contributed by atoms with Crippen molar-refractivity contribution in [1.82, 2.24) is 4.83 Å². The van der Waals surface area contributed by atoms with Gasteiger partial charge >= 0.3 is 0 Å². The fourth-order valence-electron chi connectivity index (χ4n) is 3.48. The molecular weight excluding hydrogens is 380 g/mol. The van der Waals surface area contributed by atoms with E-state index < -0.39 is 10.0 Å². The van der Waals surface area contributed by atoms with Crippen LogP contribution < -0.4 is 4.83 Å². The van der Waals surface area contributed by atoms with Gasteiger partial charge in [-0.3, -0.25) is 0 Å². The van der Waals surface area contributed by atoms with Crippen molar-refractivity contribution in [3.8, 4) is 0 Å². The Balaban J connectivity index is 2.29. The monoisotopic (exact) mass is 422 g/mol. The molecule has 4 nitrogen and oxygen atoms in total. The molecule has 0 fully saturated rings. The Morgan fingerprint density at radius 2 is 1.41 bits per heavy atom. The highest BCUT2D eigenvalue weighted by Crippen LogP contribution is 2.15. The van der Waals surface area contributed by atoms with Crippen molar-refractivity contribution in [2.45, 2.75) is 110 Å². The number of nitrogens with one attached hydrogen (secondary N) is 1. The van der Waals surface area contributed by atoms with Gasteiger partial charge in [0.2, 0.25) is 0 Å². The summed E-state index contributed by atoms with van der Waals surface area (Å²) in [6, 6.07) is 7.21. The van der Waals surface area contributed by atoms with Gasteiger partial charge in [0, 0.05) is 5.71 Å². The summed E-state index contributed by atoms with van der Waals surface area (Å²) in [6.07, 6.45) is 15.1. The number of nitrogens with zero attached hydrogens (tertiary/aromatic N) is 1. The molecule has 0 aliphatic heterocycles. The first-order valence-electron chi connectivity index (χ1n) is 11.5. The lowest BCUT2D eigenvalue weighted by atomic mass is 10.0. The molecule has 0 radical (unpaired) electrons.